The van der Waals surface area contributed by atoms with Gasteiger partial charge in [0.1, 0.15) is 5.75 Å². The SMILES string of the molecule is COc1ccc(S(=O)(=O)NC(C)c2ccccc2OC)cc1OC. The molecule has 0 saturated carbocycles. The highest BCUT2D eigenvalue weighted by molar-refractivity contribution is 7.89. The van der Waals surface area contributed by atoms with Crippen LogP contribution in [0, 0.1) is 0 Å². The molecule has 0 bridgehead atoms. The summed E-state index contributed by atoms with van der Waals surface area (Å²) in [6.07, 6.45) is 0. The lowest BCUT2D eigenvalue weighted by Gasteiger charge is -2.18. The quantitative estimate of drug-likeness (QED) is 0.830. The van der Waals surface area contributed by atoms with Crippen molar-refractivity contribution in [1.29, 1.82) is 0 Å². The maximum absolute atomic E-state index is 12.6. The number of hydrogen-bond donors (Lipinski definition) is 1. The van der Waals surface area contributed by atoms with Crippen molar-refractivity contribution >= 4 is 10.0 Å². The smallest absolute Gasteiger partial charge is 0.241 e. The van der Waals surface area contributed by atoms with E-state index >= 15 is 0 Å². The molecule has 0 heterocycles. The molecular weight excluding hydrogens is 330 g/mol. The molecule has 2 aromatic carbocycles. The summed E-state index contributed by atoms with van der Waals surface area (Å²) in [6.45, 7) is 1.76. The Balaban J connectivity index is 2.31. The first-order valence-corrected chi connectivity index (χ1v) is 8.78. The third-order valence-electron chi connectivity index (χ3n) is 3.60. The van der Waals surface area contributed by atoms with E-state index < -0.39 is 16.1 Å². The Labute approximate surface area is 142 Å². The molecule has 0 amide bonds. The van der Waals surface area contributed by atoms with Gasteiger partial charge in [0.15, 0.2) is 11.5 Å². The lowest BCUT2D eigenvalue weighted by molar-refractivity contribution is 0.354. The van der Waals surface area contributed by atoms with E-state index in [1.807, 2.05) is 18.2 Å². The second-order valence-corrected chi connectivity index (χ2v) is 6.82. The highest BCUT2D eigenvalue weighted by Gasteiger charge is 2.21. The van der Waals surface area contributed by atoms with Crippen LogP contribution in [-0.2, 0) is 10.0 Å². The van der Waals surface area contributed by atoms with Gasteiger partial charge in [-0.25, -0.2) is 13.1 Å². The maximum Gasteiger partial charge on any atom is 0.241 e. The molecule has 0 radical (unpaired) electrons. The van der Waals surface area contributed by atoms with E-state index in [9.17, 15) is 8.42 Å². The molecule has 130 valence electrons. The average Bonchev–Trinajstić information content (AvgIpc) is 2.60. The van der Waals surface area contributed by atoms with Crippen LogP contribution in [0.15, 0.2) is 47.4 Å². The van der Waals surface area contributed by atoms with Crippen LogP contribution < -0.4 is 18.9 Å². The van der Waals surface area contributed by atoms with Crippen molar-refractivity contribution < 1.29 is 22.6 Å². The zero-order valence-electron chi connectivity index (χ0n) is 14.1. The molecule has 2 aromatic rings. The van der Waals surface area contributed by atoms with E-state index in [4.69, 9.17) is 14.2 Å². The number of para-hydroxylation sites is 1. The van der Waals surface area contributed by atoms with Crippen LogP contribution in [0.25, 0.3) is 0 Å². The Hall–Kier alpha value is -2.25. The molecule has 24 heavy (non-hydrogen) atoms. The molecule has 0 aliphatic carbocycles. The van der Waals surface area contributed by atoms with Crippen LogP contribution in [0.2, 0.25) is 0 Å². The molecule has 0 aromatic heterocycles. The van der Waals surface area contributed by atoms with Crippen molar-refractivity contribution in [3.8, 4) is 17.2 Å². The van der Waals surface area contributed by atoms with Crippen LogP contribution in [0.4, 0.5) is 0 Å². The van der Waals surface area contributed by atoms with Gasteiger partial charge in [-0.05, 0) is 25.1 Å². The minimum atomic E-state index is -3.73. The summed E-state index contributed by atoms with van der Waals surface area (Å²) in [7, 11) is 0.770. The molecule has 0 aliphatic heterocycles. The second-order valence-electron chi connectivity index (χ2n) is 5.10. The molecule has 0 aliphatic rings. The van der Waals surface area contributed by atoms with E-state index in [1.54, 1.807) is 26.2 Å². The van der Waals surface area contributed by atoms with Gasteiger partial charge in [-0.3, -0.25) is 0 Å². The topological polar surface area (TPSA) is 73.9 Å². The van der Waals surface area contributed by atoms with Crippen molar-refractivity contribution in [3.05, 3.63) is 48.0 Å². The molecule has 1 unspecified atom stereocenters. The molecule has 1 N–H and O–H groups in total. The zero-order chi connectivity index (χ0) is 17.7. The monoisotopic (exact) mass is 351 g/mol. The Kier molecular flexibility index (Phi) is 5.69. The molecule has 0 fully saturated rings. The molecule has 0 saturated heterocycles. The van der Waals surface area contributed by atoms with E-state index in [1.165, 1.54) is 26.4 Å². The van der Waals surface area contributed by atoms with Crippen LogP contribution in [-0.4, -0.2) is 29.7 Å². The van der Waals surface area contributed by atoms with Crippen molar-refractivity contribution in [3.63, 3.8) is 0 Å². The maximum atomic E-state index is 12.6. The van der Waals surface area contributed by atoms with Crippen molar-refractivity contribution in [2.75, 3.05) is 21.3 Å². The third-order valence-corrected chi connectivity index (χ3v) is 5.14. The van der Waals surface area contributed by atoms with Crippen molar-refractivity contribution in [1.82, 2.24) is 4.72 Å². The first-order valence-electron chi connectivity index (χ1n) is 7.30. The largest absolute Gasteiger partial charge is 0.496 e. The van der Waals surface area contributed by atoms with Crippen LogP contribution in [0.1, 0.15) is 18.5 Å². The third kappa shape index (κ3) is 3.80. The Morgan fingerprint density at radius 3 is 2.12 bits per heavy atom. The second kappa shape index (κ2) is 7.55. The summed E-state index contributed by atoms with van der Waals surface area (Å²) in [5.74, 6) is 1.44. The fourth-order valence-electron chi connectivity index (χ4n) is 2.37. The zero-order valence-corrected chi connectivity index (χ0v) is 14.9. The Bertz CT molecular complexity index is 804. The number of benzene rings is 2. The summed E-state index contributed by atoms with van der Waals surface area (Å²) in [4.78, 5) is 0.0990. The molecule has 7 heteroatoms. The van der Waals surface area contributed by atoms with Crippen LogP contribution >= 0.6 is 0 Å². The molecule has 6 nitrogen and oxygen atoms in total. The van der Waals surface area contributed by atoms with Crippen molar-refractivity contribution in [2.24, 2.45) is 0 Å². The predicted molar refractivity (Wildman–Crippen MR) is 91.3 cm³/mol. The summed E-state index contributed by atoms with van der Waals surface area (Å²) in [5.41, 5.74) is 0.754. The lowest BCUT2D eigenvalue weighted by Crippen LogP contribution is -2.27. The number of methoxy groups -OCH3 is 3. The summed E-state index contributed by atoms with van der Waals surface area (Å²) < 4.78 is 43.5. The molecule has 1 atom stereocenters. The minimum Gasteiger partial charge on any atom is -0.496 e. The fourth-order valence-corrected chi connectivity index (χ4v) is 3.61. The van der Waals surface area contributed by atoms with Gasteiger partial charge in [0.2, 0.25) is 10.0 Å². The van der Waals surface area contributed by atoms with E-state index in [0.29, 0.717) is 17.2 Å². The highest BCUT2D eigenvalue weighted by atomic mass is 32.2. The lowest BCUT2D eigenvalue weighted by atomic mass is 10.1. The normalized spacial score (nSPS) is 12.5. The van der Waals surface area contributed by atoms with Gasteiger partial charge in [-0.2, -0.15) is 0 Å². The summed E-state index contributed by atoms with van der Waals surface area (Å²) >= 11 is 0. The number of sulfonamides is 1. The summed E-state index contributed by atoms with van der Waals surface area (Å²) in [6, 6.07) is 11.3. The first-order chi connectivity index (χ1) is 11.4. The van der Waals surface area contributed by atoms with Crippen molar-refractivity contribution in [2.45, 2.75) is 17.9 Å². The van der Waals surface area contributed by atoms with Gasteiger partial charge in [-0.15, -0.1) is 0 Å². The Morgan fingerprint density at radius 1 is 0.875 bits per heavy atom. The Morgan fingerprint density at radius 2 is 1.50 bits per heavy atom. The van der Waals surface area contributed by atoms with Gasteiger partial charge < -0.3 is 14.2 Å². The fraction of sp³-hybridized carbons (Fsp3) is 0.294. The van der Waals surface area contributed by atoms with E-state index in [2.05, 4.69) is 4.72 Å². The number of hydrogen-bond acceptors (Lipinski definition) is 5. The summed E-state index contributed by atoms with van der Waals surface area (Å²) in [5, 5.41) is 0. The van der Waals surface area contributed by atoms with Crippen LogP contribution in [0.3, 0.4) is 0 Å². The minimum absolute atomic E-state index is 0.0990. The molecular formula is C17H21NO5S. The van der Waals surface area contributed by atoms with Gasteiger partial charge in [0.25, 0.3) is 0 Å². The molecule has 0 spiro atoms. The average molecular weight is 351 g/mol. The number of rotatable bonds is 7. The number of nitrogens with one attached hydrogen (secondary N) is 1. The predicted octanol–water partition coefficient (Wildman–Crippen LogP) is 2.75. The van der Waals surface area contributed by atoms with Gasteiger partial charge >= 0.3 is 0 Å². The first kappa shape index (κ1) is 18.1. The van der Waals surface area contributed by atoms with Gasteiger partial charge in [0, 0.05) is 17.7 Å². The van der Waals surface area contributed by atoms with Crippen LogP contribution in [0.5, 0.6) is 17.2 Å². The van der Waals surface area contributed by atoms with Gasteiger partial charge in [0.05, 0.1) is 26.2 Å². The number of ether oxygens (including phenoxy) is 3. The van der Waals surface area contributed by atoms with E-state index in [0.717, 1.165) is 5.56 Å². The van der Waals surface area contributed by atoms with Gasteiger partial charge in [-0.1, -0.05) is 18.2 Å². The molecule has 2 rings (SSSR count). The standard InChI is InChI=1S/C17H21NO5S/c1-12(14-7-5-6-8-15(14)21-2)18-24(19,20)13-9-10-16(22-3)17(11-13)23-4/h5-12,18H,1-4H3. The highest BCUT2D eigenvalue weighted by Crippen LogP contribution is 2.31. The van der Waals surface area contributed by atoms with E-state index in [-0.39, 0.29) is 4.90 Å².